The monoisotopic (exact) mass is 431 g/mol. The van der Waals surface area contributed by atoms with Crippen LogP contribution in [0, 0.1) is 0 Å². The Morgan fingerprint density at radius 1 is 1.19 bits per heavy atom. The van der Waals surface area contributed by atoms with Gasteiger partial charge >= 0.3 is 0 Å². The lowest BCUT2D eigenvalue weighted by molar-refractivity contribution is 0.0963. The van der Waals surface area contributed by atoms with Gasteiger partial charge in [-0.05, 0) is 24.3 Å². The van der Waals surface area contributed by atoms with Crippen LogP contribution in [0.25, 0.3) is 44.8 Å². The van der Waals surface area contributed by atoms with Crippen LogP contribution in [-0.4, -0.2) is 56.4 Å². The maximum atomic E-state index is 12.0. The average Bonchev–Trinajstić information content (AvgIpc) is 3.54. The molecule has 164 valence electrons. The van der Waals surface area contributed by atoms with Crippen molar-refractivity contribution >= 4 is 27.8 Å². The number of rotatable bonds is 6. The highest BCUT2D eigenvalue weighted by Gasteiger charge is 2.17. The number of carbonyl (C=O) groups excluding carboxylic acids is 1. The van der Waals surface area contributed by atoms with Gasteiger partial charge in [0.1, 0.15) is 11.5 Å². The summed E-state index contributed by atoms with van der Waals surface area (Å²) in [5.41, 5.74) is 4.91. The van der Waals surface area contributed by atoms with Crippen molar-refractivity contribution in [2.75, 3.05) is 20.8 Å². The molecule has 2 aromatic carbocycles. The minimum atomic E-state index is -0.145. The Bertz CT molecular complexity index is 1400. The van der Waals surface area contributed by atoms with E-state index < -0.39 is 0 Å². The smallest absolute Gasteiger partial charge is 0.251 e. The Morgan fingerprint density at radius 3 is 2.88 bits per heavy atom. The number of nitrogens with zero attached hydrogens (tertiary/aromatic N) is 4. The van der Waals surface area contributed by atoms with E-state index in [0.717, 1.165) is 44.8 Å². The van der Waals surface area contributed by atoms with E-state index in [2.05, 4.69) is 30.0 Å². The lowest BCUT2D eigenvalue weighted by Gasteiger charge is -2.07. The van der Waals surface area contributed by atoms with Crippen LogP contribution in [-0.2, 0) is 11.3 Å². The molecule has 5 aromatic rings. The molecule has 0 fully saturated rings. The standard InChI is InChI=1S/C22H21N7O2.CH4/c1-23-22(30)14-5-6-19-17(10-14)27-21(29(19)7-8-31-2)18-12-24-20(26-18)13-3-4-15-11-25-28-16(15)9-13;/h3-6,9-12H,7-8H2,1-2H3,(H,23,30)(H,24,26)(H,25,28);1H4. The fourth-order valence-corrected chi connectivity index (χ4v) is 3.70. The van der Waals surface area contributed by atoms with Crippen LogP contribution < -0.4 is 5.32 Å². The molecule has 0 aliphatic carbocycles. The summed E-state index contributed by atoms with van der Waals surface area (Å²) in [6.45, 7) is 1.16. The summed E-state index contributed by atoms with van der Waals surface area (Å²) in [7, 11) is 3.28. The molecule has 0 aliphatic heterocycles. The van der Waals surface area contributed by atoms with Crippen LogP contribution in [0.3, 0.4) is 0 Å². The lowest BCUT2D eigenvalue weighted by atomic mass is 10.1. The number of carbonyl (C=O) groups is 1. The maximum Gasteiger partial charge on any atom is 0.251 e. The Hall–Kier alpha value is -3.98. The maximum absolute atomic E-state index is 12.0. The highest BCUT2D eigenvalue weighted by atomic mass is 16.5. The summed E-state index contributed by atoms with van der Waals surface area (Å²) < 4.78 is 7.37. The van der Waals surface area contributed by atoms with Crippen molar-refractivity contribution in [3.63, 3.8) is 0 Å². The normalized spacial score (nSPS) is 11.1. The van der Waals surface area contributed by atoms with Crippen molar-refractivity contribution in [3.8, 4) is 22.9 Å². The third-order valence-electron chi connectivity index (χ3n) is 5.29. The lowest BCUT2D eigenvalue weighted by Crippen LogP contribution is -2.17. The molecule has 0 atom stereocenters. The minimum Gasteiger partial charge on any atom is -0.383 e. The zero-order valence-electron chi connectivity index (χ0n) is 17.1. The number of benzene rings is 2. The number of fused-ring (bicyclic) bond motifs is 2. The topological polar surface area (TPSA) is 114 Å². The van der Waals surface area contributed by atoms with E-state index in [0.29, 0.717) is 18.7 Å². The van der Waals surface area contributed by atoms with E-state index in [1.54, 1.807) is 38.7 Å². The number of aromatic amines is 2. The van der Waals surface area contributed by atoms with Crippen LogP contribution >= 0.6 is 0 Å². The van der Waals surface area contributed by atoms with Gasteiger partial charge < -0.3 is 19.6 Å². The molecule has 9 nitrogen and oxygen atoms in total. The highest BCUT2D eigenvalue weighted by Crippen LogP contribution is 2.27. The molecule has 3 aromatic heterocycles. The largest absolute Gasteiger partial charge is 0.383 e. The molecule has 1 amide bonds. The van der Waals surface area contributed by atoms with Gasteiger partial charge in [0.05, 0.1) is 35.6 Å². The van der Waals surface area contributed by atoms with E-state index in [-0.39, 0.29) is 13.3 Å². The first-order valence-corrected chi connectivity index (χ1v) is 9.88. The van der Waals surface area contributed by atoms with Gasteiger partial charge in [0.15, 0.2) is 5.82 Å². The number of nitrogens with one attached hydrogen (secondary N) is 3. The van der Waals surface area contributed by atoms with E-state index in [9.17, 15) is 4.79 Å². The molecule has 32 heavy (non-hydrogen) atoms. The zero-order valence-corrected chi connectivity index (χ0v) is 17.1. The number of H-pyrrole nitrogens is 2. The van der Waals surface area contributed by atoms with Crippen LogP contribution in [0.5, 0.6) is 0 Å². The summed E-state index contributed by atoms with van der Waals surface area (Å²) in [5.74, 6) is 1.33. The molecule has 0 aliphatic rings. The molecule has 0 saturated carbocycles. The second kappa shape index (κ2) is 8.64. The molecule has 0 bridgehead atoms. The van der Waals surface area contributed by atoms with Gasteiger partial charge in [0, 0.05) is 37.2 Å². The molecule has 5 rings (SSSR count). The van der Waals surface area contributed by atoms with Crippen LogP contribution in [0.4, 0.5) is 0 Å². The van der Waals surface area contributed by atoms with Crippen molar-refractivity contribution < 1.29 is 9.53 Å². The van der Waals surface area contributed by atoms with Crippen molar-refractivity contribution in [3.05, 3.63) is 54.4 Å². The van der Waals surface area contributed by atoms with Gasteiger partial charge in [-0.25, -0.2) is 9.97 Å². The van der Waals surface area contributed by atoms with Crippen LogP contribution in [0.1, 0.15) is 17.8 Å². The van der Waals surface area contributed by atoms with E-state index in [1.165, 1.54) is 0 Å². The minimum absolute atomic E-state index is 0. The number of imidazole rings is 2. The van der Waals surface area contributed by atoms with E-state index in [4.69, 9.17) is 9.72 Å². The first-order valence-electron chi connectivity index (χ1n) is 9.88. The summed E-state index contributed by atoms with van der Waals surface area (Å²) in [6.07, 6.45) is 3.56. The first-order chi connectivity index (χ1) is 15.2. The summed E-state index contributed by atoms with van der Waals surface area (Å²) >= 11 is 0. The van der Waals surface area contributed by atoms with Crippen molar-refractivity contribution in [1.29, 1.82) is 0 Å². The Kier molecular flexibility index (Phi) is 5.74. The molecule has 3 heterocycles. The number of methoxy groups -OCH3 is 1. The van der Waals surface area contributed by atoms with Gasteiger partial charge in [0.25, 0.3) is 5.91 Å². The Labute approximate surface area is 184 Å². The molecular weight excluding hydrogens is 406 g/mol. The first kappa shape index (κ1) is 21.3. The molecule has 0 radical (unpaired) electrons. The second-order valence-corrected chi connectivity index (χ2v) is 7.18. The Balaban J connectivity index is 0.00000245. The van der Waals surface area contributed by atoms with Crippen molar-refractivity contribution in [2.45, 2.75) is 14.0 Å². The molecule has 3 N–H and O–H groups in total. The fourth-order valence-electron chi connectivity index (χ4n) is 3.70. The van der Waals surface area contributed by atoms with Gasteiger partial charge in [-0.15, -0.1) is 0 Å². The average molecular weight is 432 g/mol. The Morgan fingerprint density at radius 2 is 2.06 bits per heavy atom. The van der Waals surface area contributed by atoms with E-state index >= 15 is 0 Å². The van der Waals surface area contributed by atoms with Crippen molar-refractivity contribution in [1.82, 2.24) is 35.0 Å². The number of amides is 1. The number of aromatic nitrogens is 6. The molecule has 0 saturated heterocycles. The quantitative estimate of drug-likeness (QED) is 0.380. The predicted octanol–water partition coefficient (Wildman–Crippen LogP) is 3.61. The summed E-state index contributed by atoms with van der Waals surface area (Å²) in [6, 6.07) is 11.5. The fraction of sp³-hybridized carbons (Fsp3) is 0.217. The third kappa shape index (κ3) is 3.63. The van der Waals surface area contributed by atoms with E-state index in [1.807, 2.05) is 24.3 Å². The zero-order chi connectivity index (χ0) is 21.4. The number of hydrogen-bond acceptors (Lipinski definition) is 5. The summed E-state index contributed by atoms with van der Waals surface area (Å²) in [5, 5.41) is 10.7. The molecule has 9 heteroatoms. The molecule has 0 spiro atoms. The van der Waals surface area contributed by atoms with Gasteiger partial charge in [-0.2, -0.15) is 5.10 Å². The van der Waals surface area contributed by atoms with Crippen LogP contribution in [0.2, 0.25) is 0 Å². The van der Waals surface area contributed by atoms with Crippen LogP contribution in [0.15, 0.2) is 48.8 Å². The van der Waals surface area contributed by atoms with Crippen molar-refractivity contribution in [2.24, 2.45) is 0 Å². The predicted molar refractivity (Wildman–Crippen MR) is 124 cm³/mol. The number of ether oxygens (including phenoxy) is 1. The summed E-state index contributed by atoms with van der Waals surface area (Å²) in [4.78, 5) is 24.8. The molecule has 0 unspecified atom stereocenters. The highest BCUT2D eigenvalue weighted by molar-refractivity contribution is 5.97. The van der Waals surface area contributed by atoms with Gasteiger partial charge in [-0.3, -0.25) is 9.89 Å². The number of hydrogen-bond donors (Lipinski definition) is 3. The molecular formula is C23H25N7O2. The SMILES string of the molecule is C.CNC(=O)c1ccc2c(c1)nc(-c1cnc(-c3ccc4cn[nH]c4c3)[nH]1)n2CCOC. The third-order valence-corrected chi connectivity index (χ3v) is 5.29. The van der Waals surface area contributed by atoms with Gasteiger partial charge in [0.2, 0.25) is 0 Å². The second-order valence-electron chi connectivity index (χ2n) is 7.18. The van der Waals surface area contributed by atoms with Gasteiger partial charge in [-0.1, -0.05) is 19.6 Å².